The van der Waals surface area contributed by atoms with Gasteiger partial charge in [0.05, 0.1) is 23.5 Å². The molecule has 10 nitrogen and oxygen atoms in total. The number of nitro benzene ring substituents is 1. The summed E-state index contributed by atoms with van der Waals surface area (Å²) < 4.78 is 10.6. The highest BCUT2D eigenvalue weighted by Crippen LogP contribution is 2.29. The smallest absolute Gasteiger partial charge is 0.277 e. The molecular formula is C16H13N5O5S. The van der Waals surface area contributed by atoms with Gasteiger partial charge in [0.25, 0.3) is 16.8 Å². The van der Waals surface area contributed by atoms with Crippen LogP contribution in [-0.2, 0) is 4.79 Å². The number of thioether (sulfide) groups is 1. The second-order valence-electron chi connectivity index (χ2n) is 5.07. The molecule has 3 rings (SSSR count). The van der Waals surface area contributed by atoms with E-state index in [4.69, 9.17) is 9.15 Å². The van der Waals surface area contributed by atoms with E-state index >= 15 is 0 Å². The highest BCUT2D eigenvalue weighted by atomic mass is 32.2. The number of amides is 1. The number of carbonyl (C=O) groups is 1. The van der Waals surface area contributed by atoms with Crippen molar-refractivity contribution in [1.82, 2.24) is 15.2 Å². The van der Waals surface area contributed by atoms with Crippen molar-refractivity contribution in [3.63, 3.8) is 0 Å². The predicted molar refractivity (Wildman–Crippen MR) is 96.5 cm³/mol. The highest BCUT2D eigenvalue weighted by molar-refractivity contribution is 7.99. The molecule has 2 heterocycles. The third-order valence-electron chi connectivity index (χ3n) is 3.29. The normalized spacial score (nSPS) is 10.4. The van der Waals surface area contributed by atoms with Gasteiger partial charge in [-0.15, -0.1) is 10.2 Å². The maximum atomic E-state index is 12.2. The van der Waals surface area contributed by atoms with Crippen LogP contribution in [0.5, 0.6) is 5.75 Å². The summed E-state index contributed by atoms with van der Waals surface area (Å²) in [6.07, 6.45) is 1.60. The van der Waals surface area contributed by atoms with Crippen LogP contribution in [0.25, 0.3) is 11.6 Å². The number of nitro groups is 1. The topological polar surface area (TPSA) is 133 Å². The minimum Gasteiger partial charge on any atom is -0.495 e. The molecule has 0 bridgehead atoms. The molecule has 27 heavy (non-hydrogen) atoms. The number of ether oxygens (including phenoxy) is 1. The summed E-state index contributed by atoms with van der Waals surface area (Å²) in [5.74, 6) is 0.125. The van der Waals surface area contributed by atoms with Crippen LogP contribution < -0.4 is 10.1 Å². The fourth-order valence-electron chi connectivity index (χ4n) is 2.08. The van der Waals surface area contributed by atoms with Crippen molar-refractivity contribution in [2.75, 3.05) is 18.2 Å². The molecule has 0 saturated heterocycles. The molecule has 2 aromatic heterocycles. The second kappa shape index (κ2) is 8.27. The minimum absolute atomic E-state index is 0.0320. The first-order valence-electron chi connectivity index (χ1n) is 7.57. The summed E-state index contributed by atoms with van der Waals surface area (Å²) in [4.78, 5) is 26.6. The van der Waals surface area contributed by atoms with Crippen molar-refractivity contribution in [1.29, 1.82) is 0 Å². The van der Waals surface area contributed by atoms with Crippen molar-refractivity contribution in [3.05, 3.63) is 52.7 Å². The number of non-ortho nitro benzene ring substituents is 1. The quantitative estimate of drug-likeness (QED) is 0.369. The molecule has 1 amide bonds. The van der Waals surface area contributed by atoms with Crippen LogP contribution in [0.15, 0.2) is 52.2 Å². The molecule has 1 N–H and O–H groups in total. The lowest BCUT2D eigenvalue weighted by Crippen LogP contribution is -2.14. The lowest BCUT2D eigenvalue weighted by atomic mass is 10.2. The Morgan fingerprint density at radius 3 is 2.89 bits per heavy atom. The molecule has 11 heteroatoms. The largest absolute Gasteiger partial charge is 0.495 e. The van der Waals surface area contributed by atoms with Crippen LogP contribution in [0, 0.1) is 10.1 Å². The first-order chi connectivity index (χ1) is 13.1. The van der Waals surface area contributed by atoms with Gasteiger partial charge in [0.15, 0.2) is 0 Å². The van der Waals surface area contributed by atoms with Gasteiger partial charge < -0.3 is 14.5 Å². The Labute approximate surface area is 157 Å². The Hall–Kier alpha value is -3.47. The SMILES string of the molecule is COc1ccc([N+](=O)[O-])cc1NC(=O)CSc1nnc(-c2ccccn2)o1. The molecule has 0 spiro atoms. The Balaban J connectivity index is 1.63. The van der Waals surface area contributed by atoms with Gasteiger partial charge in [0, 0.05) is 18.3 Å². The van der Waals surface area contributed by atoms with Crippen molar-refractivity contribution < 1.29 is 18.9 Å². The summed E-state index contributed by atoms with van der Waals surface area (Å²) >= 11 is 1.03. The van der Waals surface area contributed by atoms with Crippen molar-refractivity contribution in [3.8, 4) is 17.3 Å². The van der Waals surface area contributed by atoms with Crippen LogP contribution in [-0.4, -0.2) is 38.9 Å². The molecule has 1 aromatic carbocycles. The van der Waals surface area contributed by atoms with Gasteiger partial charge in [0.1, 0.15) is 11.4 Å². The number of benzene rings is 1. The molecule has 0 aliphatic carbocycles. The number of nitrogens with one attached hydrogen (secondary N) is 1. The molecule has 3 aromatic rings. The molecule has 0 radical (unpaired) electrons. The van der Waals surface area contributed by atoms with Gasteiger partial charge in [-0.3, -0.25) is 19.9 Å². The molecule has 0 atom stereocenters. The number of hydrogen-bond acceptors (Lipinski definition) is 9. The second-order valence-corrected chi connectivity index (χ2v) is 5.99. The Kier molecular flexibility index (Phi) is 5.61. The zero-order chi connectivity index (χ0) is 19.2. The number of carbonyl (C=O) groups excluding carboxylic acids is 1. The van der Waals surface area contributed by atoms with Gasteiger partial charge in [-0.2, -0.15) is 0 Å². The molecule has 0 fully saturated rings. The molecular weight excluding hydrogens is 374 g/mol. The molecule has 0 aliphatic heterocycles. The molecule has 0 unspecified atom stereocenters. The molecule has 0 saturated carbocycles. The zero-order valence-corrected chi connectivity index (χ0v) is 14.8. The fourth-order valence-corrected chi connectivity index (χ4v) is 2.64. The predicted octanol–water partition coefficient (Wildman–Crippen LogP) is 2.78. The number of hydrogen-bond donors (Lipinski definition) is 1. The van der Waals surface area contributed by atoms with Crippen LogP contribution >= 0.6 is 11.8 Å². The van der Waals surface area contributed by atoms with E-state index in [0.29, 0.717) is 11.4 Å². The number of anilines is 1. The summed E-state index contributed by atoms with van der Waals surface area (Å²) in [6, 6.07) is 9.22. The number of rotatable bonds is 7. The molecule has 138 valence electrons. The van der Waals surface area contributed by atoms with E-state index in [-0.39, 0.29) is 28.2 Å². The highest BCUT2D eigenvalue weighted by Gasteiger charge is 2.15. The van der Waals surface area contributed by atoms with Crippen LogP contribution in [0.3, 0.4) is 0 Å². The average molecular weight is 387 g/mol. The zero-order valence-electron chi connectivity index (χ0n) is 14.0. The van der Waals surface area contributed by atoms with E-state index in [1.165, 1.54) is 25.3 Å². The number of nitrogens with zero attached hydrogens (tertiary/aromatic N) is 4. The summed E-state index contributed by atoms with van der Waals surface area (Å²) in [5.41, 5.74) is 0.579. The van der Waals surface area contributed by atoms with Gasteiger partial charge in [-0.1, -0.05) is 17.8 Å². The van der Waals surface area contributed by atoms with Crippen LogP contribution in [0.2, 0.25) is 0 Å². The fraction of sp³-hybridized carbons (Fsp3) is 0.125. The van der Waals surface area contributed by atoms with E-state index in [1.54, 1.807) is 24.4 Å². The van der Waals surface area contributed by atoms with E-state index < -0.39 is 10.8 Å². The van der Waals surface area contributed by atoms with Gasteiger partial charge >= 0.3 is 0 Å². The monoisotopic (exact) mass is 387 g/mol. The van der Waals surface area contributed by atoms with Crippen molar-refractivity contribution in [2.24, 2.45) is 0 Å². The lowest BCUT2D eigenvalue weighted by Gasteiger charge is -2.09. The van der Waals surface area contributed by atoms with E-state index in [0.717, 1.165) is 11.8 Å². The van der Waals surface area contributed by atoms with Crippen molar-refractivity contribution >= 4 is 29.0 Å². The van der Waals surface area contributed by atoms with Crippen LogP contribution in [0.1, 0.15) is 0 Å². The van der Waals surface area contributed by atoms with Crippen LogP contribution in [0.4, 0.5) is 11.4 Å². The summed E-state index contributed by atoms with van der Waals surface area (Å²) in [7, 11) is 1.41. The lowest BCUT2D eigenvalue weighted by molar-refractivity contribution is -0.384. The first kappa shape index (κ1) is 18.3. The maximum absolute atomic E-state index is 12.2. The average Bonchev–Trinajstić information content (AvgIpc) is 3.16. The third-order valence-corrected chi connectivity index (χ3v) is 4.10. The first-order valence-corrected chi connectivity index (χ1v) is 8.55. The van der Waals surface area contributed by atoms with E-state index in [1.807, 2.05) is 0 Å². The van der Waals surface area contributed by atoms with Crippen molar-refractivity contribution in [2.45, 2.75) is 5.22 Å². The third kappa shape index (κ3) is 4.58. The van der Waals surface area contributed by atoms with E-state index in [2.05, 4.69) is 20.5 Å². The standard InChI is InChI=1S/C16H13N5O5S/c1-25-13-6-5-10(21(23)24)8-12(13)18-14(22)9-27-16-20-19-15(26-16)11-4-2-3-7-17-11/h2-8H,9H2,1H3,(H,18,22). The number of aromatic nitrogens is 3. The van der Waals surface area contributed by atoms with Gasteiger partial charge in [-0.05, 0) is 18.2 Å². The van der Waals surface area contributed by atoms with Gasteiger partial charge in [-0.25, -0.2) is 0 Å². The number of methoxy groups -OCH3 is 1. The Bertz CT molecular complexity index is 963. The molecule has 0 aliphatic rings. The number of pyridine rings is 1. The minimum atomic E-state index is -0.554. The Morgan fingerprint density at radius 1 is 1.33 bits per heavy atom. The Morgan fingerprint density at radius 2 is 2.19 bits per heavy atom. The summed E-state index contributed by atoms with van der Waals surface area (Å²) in [6.45, 7) is 0. The van der Waals surface area contributed by atoms with Gasteiger partial charge in [0.2, 0.25) is 5.91 Å². The van der Waals surface area contributed by atoms with E-state index in [9.17, 15) is 14.9 Å². The summed E-state index contributed by atoms with van der Waals surface area (Å²) in [5, 5.41) is 21.4. The maximum Gasteiger partial charge on any atom is 0.277 e.